The number of nitrogens with one attached hydrogen (secondary N) is 1. The zero-order valence-electron chi connectivity index (χ0n) is 18.4. The van der Waals surface area contributed by atoms with E-state index in [0.717, 1.165) is 47.9 Å². The van der Waals surface area contributed by atoms with Gasteiger partial charge in [0.2, 0.25) is 0 Å². The molecule has 0 saturated carbocycles. The van der Waals surface area contributed by atoms with Gasteiger partial charge in [0.15, 0.2) is 5.82 Å². The van der Waals surface area contributed by atoms with Crippen LogP contribution in [0.4, 0.5) is 24.8 Å². The van der Waals surface area contributed by atoms with E-state index in [0.29, 0.717) is 24.5 Å². The molecule has 5 rings (SSSR count). The van der Waals surface area contributed by atoms with Gasteiger partial charge in [0.05, 0.1) is 11.1 Å². The summed E-state index contributed by atoms with van der Waals surface area (Å²) in [6.45, 7) is 1.37. The van der Waals surface area contributed by atoms with E-state index >= 15 is 0 Å². The average Bonchev–Trinajstić information content (AvgIpc) is 3.25. The molecule has 0 spiro atoms. The van der Waals surface area contributed by atoms with E-state index in [9.17, 15) is 18.0 Å². The van der Waals surface area contributed by atoms with E-state index in [1.54, 1.807) is 24.3 Å². The molecule has 1 aromatic carbocycles. The lowest BCUT2D eigenvalue weighted by Crippen LogP contribution is -2.14. The number of pyridine rings is 1. The van der Waals surface area contributed by atoms with Crippen LogP contribution in [0.2, 0.25) is 0 Å². The quantitative estimate of drug-likeness (QED) is 0.442. The SMILES string of the molecule is Nc1ncnc2c(C3CCOCC3)cn(-c3ccc(C(=O)Nc4cc(C(F)(F)F)ccn4)cc3)c12. The Labute approximate surface area is 198 Å². The van der Waals surface area contributed by atoms with Crippen LogP contribution >= 0.6 is 0 Å². The minimum absolute atomic E-state index is 0.184. The Morgan fingerprint density at radius 2 is 1.83 bits per heavy atom. The zero-order chi connectivity index (χ0) is 24.6. The standard InChI is InChI=1S/C24H21F3N6O2/c25-24(26,27)16-5-8-29-19(11-16)32-23(34)15-1-3-17(4-2-15)33-12-18(14-6-9-35-10-7-14)20-21(33)22(28)31-13-30-20/h1-5,8,11-14H,6-7,9-10H2,(H2,28,30,31)(H,29,32,34). The topological polar surface area (TPSA) is 108 Å². The van der Waals surface area contributed by atoms with Gasteiger partial charge in [0.25, 0.3) is 5.91 Å². The molecule has 1 aliphatic heterocycles. The Kier molecular flexibility index (Phi) is 5.85. The number of aromatic nitrogens is 4. The fourth-order valence-corrected chi connectivity index (χ4v) is 4.25. The zero-order valence-corrected chi connectivity index (χ0v) is 18.4. The Balaban J connectivity index is 1.43. The number of rotatable bonds is 4. The van der Waals surface area contributed by atoms with E-state index in [2.05, 4.69) is 20.3 Å². The van der Waals surface area contributed by atoms with Crippen LogP contribution in [0.1, 0.15) is 40.2 Å². The average molecular weight is 482 g/mol. The van der Waals surface area contributed by atoms with Gasteiger partial charge in [-0.2, -0.15) is 13.2 Å². The summed E-state index contributed by atoms with van der Waals surface area (Å²) in [5, 5.41) is 2.41. The fraction of sp³-hybridized carbons (Fsp3) is 0.250. The molecule has 35 heavy (non-hydrogen) atoms. The van der Waals surface area contributed by atoms with E-state index in [-0.39, 0.29) is 17.3 Å². The molecule has 180 valence electrons. The largest absolute Gasteiger partial charge is 0.416 e. The molecule has 1 aliphatic rings. The first-order valence-electron chi connectivity index (χ1n) is 11.0. The van der Waals surface area contributed by atoms with Crippen molar-refractivity contribution in [1.29, 1.82) is 0 Å². The maximum absolute atomic E-state index is 12.9. The maximum atomic E-state index is 12.9. The molecule has 4 heterocycles. The van der Waals surface area contributed by atoms with Crippen molar-refractivity contribution in [2.75, 3.05) is 24.3 Å². The van der Waals surface area contributed by atoms with Gasteiger partial charge < -0.3 is 20.4 Å². The molecule has 1 amide bonds. The van der Waals surface area contributed by atoms with Crippen molar-refractivity contribution >= 4 is 28.6 Å². The number of hydrogen-bond donors (Lipinski definition) is 2. The summed E-state index contributed by atoms with van der Waals surface area (Å²) in [6, 6.07) is 8.26. The highest BCUT2D eigenvalue weighted by Crippen LogP contribution is 2.35. The van der Waals surface area contributed by atoms with Gasteiger partial charge in [0, 0.05) is 42.4 Å². The third-order valence-corrected chi connectivity index (χ3v) is 6.03. The van der Waals surface area contributed by atoms with Crippen molar-refractivity contribution in [1.82, 2.24) is 19.5 Å². The Hall–Kier alpha value is -3.99. The first-order chi connectivity index (χ1) is 16.8. The number of nitrogens with two attached hydrogens (primary N) is 1. The van der Waals surface area contributed by atoms with Crippen LogP contribution in [-0.2, 0) is 10.9 Å². The van der Waals surface area contributed by atoms with Crippen molar-refractivity contribution in [2.24, 2.45) is 0 Å². The fourth-order valence-electron chi connectivity index (χ4n) is 4.25. The molecular weight excluding hydrogens is 461 g/mol. The van der Waals surface area contributed by atoms with Gasteiger partial charge in [-0.1, -0.05) is 0 Å². The van der Waals surface area contributed by atoms with Crippen molar-refractivity contribution in [3.8, 4) is 5.69 Å². The monoisotopic (exact) mass is 482 g/mol. The number of fused-ring (bicyclic) bond motifs is 1. The van der Waals surface area contributed by atoms with Gasteiger partial charge in [-0.3, -0.25) is 4.79 Å². The number of anilines is 2. The van der Waals surface area contributed by atoms with E-state index in [1.165, 1.54) is 6.33 Å². The second-order valence-corrected chi connectivity index (χ2v) is 8.23. The number of carbonyl (C=O) groups is 1. The third kappa shape index (κ3) is 4.54. The summed E-state index contributed by atoms with van der Waals surface area (Å²) in [5.41, 5.74) is 8.83. The number of alkyl halides is 3. The molecule has 8 nitrogen and oxygen atoms in total. The second kappa shape index (κ2) is 8.99. The first kappa shape index (κ1) is 22.8. The van der Waals surface area contributed by atoms with Crippen molar-refractivity contribution in [2.45, 2.75) is 24.9 Å². The summed E-state index contributed by atoms with van der Waals surface area (Å²) in [6.07, 6.45) is 1.67. The predicted molar refractivity (Wildman–Crippen MR) is 123 cm³/mol. The predicted octanol–water partition coefficient (Wildman–Crippen LogP) is 4.56. The Morgan fingerprint density at radius 1 is 1.09 bits per heavy atom. The number of carbonyl (C=O) groups excluding carboxylic acids is 1. The molecule has 4 aromatic rings. The molecule has 0 atom stereocenters. The minimum atomic E-state index is -4.53. The maximum Gasteiger partial charge on any atom is 0.416 e. The summed E-state index contributed by atoms with van der Waals surface area (Å²) in [5.74, 6) is -0.139. The number of nitrogen functional groups attached to an aromatic ring is 1. The Bertz CT molecular complexity index is 1380. The number of halogens is 3. The van der Waals surface area contributed by atoms with Crippen LogP contribution < -0.4 is 11.1 Å². The van der Waals surface area contributed by atoms with Crippen LogP contribution in [-0.4, -0.2) is 38.6 Å². The highest BCUT2D eigenvalue weighted by Gasteiger charge is 2.31. The van der Waals surface area contributed by atoms with E-state index < -0.39 is 17.6 Å². The number of amides is 1. The molecule has 0 unspecified atom stereocenters. The van der Waals surface area contributed by atoms with Crippen LogP contribution in [0.25, 0.3) is 16.7 Å². The minimum Gasteiger partial charge on any atom is -0.382 e. The molecule has 1 saturated heterocycles. The lowest BCUT2D eigenvalue weighted by atomic mass is 9.93. The lowest BCUT2D eigenvalue weighted by molar-refractivity contribution is -0.137. The molecule has 0 radical (unpaired) electrons. The molecule has 0 bridgehead atoms. The lowest BCUT2D eigenvalue weighted by Gasteiger charge is -2.21. The van der Waals surface area contributed by atoms with Crippen LogP contribution in [0.15, 0.2) is 55.1 Å². The smallest absolute Gasteiger partial charge is 0.382 e. The van der Waals surface area contributed by atoms with Crippen LogP contribution in [0.3, 0.4) is 0 Å². The number of hydrogen-bond acceptors (Lipinski definition) is 6. The molecular formula is C24H21F3N6O2. The van der Waals surface area contributed by atoms with Gasteiger partial charge in [0.1, 0.15) is 17.7 Å². The summed E-state index contributed by atoms with van der Waals surface area (Å²) >= 11 is 0. The van der Waals surface area contributed by atoms with Gasteiger partial charge in [-0.25, -0.2) is 15.0 Å². The number of nitrogens with zero attached hydrogens (tertiary/aromatic N) is 4. The molecule has 11 heteroatoms. The summed E-state index contributed by atoms with van der Waals surface area (Å²) in [4.78, 5) is 25.0. The van der Waals surface area contributed by atoms with Crippen molar-refractivity contribution in [3.05, 3.63) is 71.8 Å². The van der Waals surface area contributed by atoms with Crippen LogP contribution in [0, 0.1) is 0 Å². The number of ether oxygens (including phenoxy) is 1. The van der Waals surface area contributed by atoms with E-state index in [1.807, 2.05) is 10.8 Å². The van der Waals surface area contributed by atoms with Crippen molar-refractivity contribution < 1.29 is 22.7 Å². The molecule has 3 aromatic heterocycles. The molecule has 0 aliphatic carbocycles. The third-order valence-electron chi connectivity index (χ3n) is 6.03. The second-order valence-electron chi connectivity index (χ2n) is 8.23. The highest BCUT2D eigenvalue weighted by molar-refractivity contribution is 6.04. The van der Waals surface area contributed by atoms with E-state index in [4.69, 9.17) is 10.5 Å². The Morgan fingerprint density at radius 3 is 2.54 bits per heavy atom. The number of benzene rings is 1. The van der Waals surface area contributed by atoms with Gasteiger partial charge in [-0.05, 0) is 55.2 Å². The normalized spacial score (nSPS) is 14.8. The summed E-state index contributed by atoms with van der Waals surface area (Å²) in [7, 11) is 0. The van der Waals surface area contributed by atoms with Gasteiger partial charge in [-0.15, -0.1) is 0 Å². The molecule has 1 fully saturated rings. The van der Waals surface area contributed by atoms with Gasteiger partial charge >= 0.3 is 6.18 Å². The van der Waals surface area contributed by atoms with Crippen LogP contribution in [0.5, 0.6) is 0 Å². The highest BCUT2D eigenvalue weighted by atomic mass is 19.4. The summed E-state index contributed by atoms with van der Waals surface area (Å²) < 4.78 is 46.2. The first-order valence-corrected chi connectivity index (χ1v) is 11.0. The molecule has 3 N–H and O–H groups in total. The van der Waals surface area contributed by atoms with Crippen molar-refractivity contribution in [3.63, 3.8) is 0 Å².